The molecule has 1 fully saturated rings. The molecular weight excluding hydrogens is 484 g/mol. The molecule has 1 aliphatic heterocycles. The Kier molecular flexibility index (Phi) is 7.22. The minimum atomic E-state index is -3.65. The quantitative estimate of drug-likeness (QED) is 0.505. The average molecular weight is 509 g/mol. The van der Waals surface area contributed by atoms with Gasteiger partial charge in [0.25, 0.3) is 5.78 Å². The topological polar surface area (TPSA) is 110 Å². The van der Waals surface area contributed by atoms with Gasteiger partial charge < -0.3 is 5.32 Å². The number of amides is 1. The zero-order valence-corrected chi connectivity index (χ0v) is 20.8. The zero-order valence-electron chi connectivity index (χ0n) is 18.4. The standard InChI is InChI=1S/C21H25ClN6O3S2/c1-14-11-15(2)28-20(23-14)25-26-21(28)32-13-19(29)24-18-12-16(7-8-17(18)22)33(30,31)27-9-5-3-4-6-10-27/h7-8,11-12H,3-6,9-10,13H2,1-2H3,(H,24,29). The van der Waals surface area contributed by atoms with E-state index in [1.54, 1.807) is 4.40 Å². The number of thioether (sulfide) groups is 1. The maximum Gasteiger partial charge on any atom is 0.256 e. The molecule has 0 atom stereocenters. The van der Waals surface area contributed by atoms with Crippen molar-refractivity contribution >= 4 is 50.8 Å². The Morgan fingerprint density at radius 2 is 1.85 bits per heavy atom. The minimum Gasteiger partial charge on any atom is -0.324 e. The number of nitrogens with one attached hydrogen (secondary N) is 1. The first-order valence-electron chi connectivity index (χ1n) is 10.7. The van der Waals surface area contributed by atoms with Crippen molar-refractivity contribution in [3.8, 4) is 0 Å². The van der Waals surface area contributed by atoms with Gasteiger partial charge in [-0.2, -0.15) is 4.31 Å². The van der Waals surface area contributed by atoms with Crippen LogP contribution in [-0.2, 0) is 14.8 Å². The molecule has 3 heterocycles. The molecule has 176 valence electrons. The molecular formula is C21H25ClN6O3S2. The summed E-state index contributed by atoms with van der Waals surface area (Å²) in [5.41, 5.74) is 2.02. The van der Waals surface area contributed by atoms with Gasteiger partial charge in [-0.25, -0.2) is 13.4 Å². The molecule has 0 bridgehead atoms. The van der Waals surface area contributed by atoms with Crippen molar-refractivity contribution in [1.29, 1.82) is 0 Å². The van der Waals surface area contributed by atoms with E-state index in [1.165, 1.54) is 34.3 Å². The van der Waals surface area contributed by atoms with Crippen molar-refractivity contribution in [2.75, 3.05) is 24.2 Å². The normalized spacial score (nSPS) is 15.5. The number of sulfonamides is 1. The van der Waals surface area contributed by atoms with Crippen LogP contribution in [0.25, 0.3) is 5.78 Å². The first-order valence-corrected chi connectivity index (χ1v) is 13.5. The summed E-state index contributed by atoms with van der Waals surface area (Å²) in [6, 6.07) is 6.32. The zero-order chi connectivity index (χ0) is 23.6. The van der Waals surface area contributed by atoms with E-state index in [0.717, 1.165) is 37.1 Å². The molecule has 2 aromatic heterocycles. The molecule has 1 amide bonds. The Bertz CT molecular complexity index is 1290. The molecule has 0 unspecified atom stereocenters. The first kappa shape index (κ1) is 23.9. The second-order valence-corrected chi connectivity index (χ2v) is 11.2. The van der Waals surface area contributed by atoms with E-state index < -0.39 is 10.0 Å². The van der Waals surface area contributed by atoms with Gasteiger partial charge in [0.15, 0.2) is 5.16 Å². The lowest BCUT2D eigenvalue weighted by Gasteiger charge is -2.20. The third-order valence-electron chi connectivity index (χ3n) is 5.41. The van der Waals surface area contributed by atoms with Crippen LogP contribution in [0.4, 0.5) is 5.69 Å². The Morgan fingerprint density at radius 3 is 2.58 bits per heavy atom. The van der Waals surface area contributed by atoms with Gasteiger partial charge in [0.05, 0.1) is 21.4 Å². The number of hydrogen-bond acceptors (Lipinski definition) is 7. The number of aromatic nitrogens is 4. The first-order chi connectivity index (χ1) is 15.8. The Balaban J connectivity index is 1.47. The monoisotopic (exact) mass is 508 g/mol. The SMILES string of the molecule is Cc1cc(C)n2c(SCC(=O)Nc3cc(S(=O)(=O)N4CCCCCC4)ccc3Cl)nnc2n1. The highest BCUT2D eigenvalue weighted by Gasteiger charge is 2.26. The number of anilines is 1. The molecule has 0 radical (unpaired) electrons. The van der Waals surface area contributed by atoms with Gasteiger partial charge in [0.2, 0.25) is 15.9 Å². The fourth-order valence-corrected chi connectivity index (χ4v) is 6.30. The maximum atomic E-state index is 13.1. The second kappa shape index (κ2) is 9.96. The highest BCUT2D eigenvalue weighted by molar-refractivity contribution is 7.99. The molecule has 12 heteroatoms. The van der Waals surface area contributed by atoms with Gasteiger partial charge in [-0.1, -0.05) is 36.2 Å². The Morgan fingerprint density at radius 1 is 1.12 bits per heavy atom. The predicted octanol–water partition coefficient (Wildman–Crippen LogP) is 3.69. The molecule has 9 nitrogen and oxygen atoms in total. The van der Waals surface area contributed by atoms with Gasteiger partial charge in [-0.05, 0) is 51.0 Å². The predicted molar refractivity (Wildman–Crippen MR) is 128 cm³/mol. The van der Waals surface area contributed by atoms with Crippen LogP contribution in [0.5, 0.6) is 0 Å². The summed E-state index contributed by atoms with van der Waals surface area (Å²) < 4.78 is 29.5. The summed E-state index contributed by atoms with van der Waals surface area (Å²) in [7, 11) is -3.65. The minimum absolute atomic E-state index is 0.0491. The molecule has 1 aliphatic rings. The fraction of sp³-hybridized carbons (Fsp3) is 0.429. The van der Waals surface area contributed by atoms with Crippen LogP contribution in [0.3, 0.4) is 0 Å². The number of fused-ring (bicyclic) bond motifs is 1. The molecule has 1 aromatic carbocycles. The van der Waals surface area contributed by atoms with E-state index in [2.05, 4.69) is 20.5 Å². The van der Waals surface area contributed by atoms with Gasteiger partial charge in [0, 0.05) is 24.5 Å². The van der Waals surface area contributed by atoms with Crippen LogP contribution in [0.15, 0.2) is 34.3 Å². The van der Waals surface area contributed by atoms with Gasteiger partial charge in [0.1, 0.15) is 0 Å². The third-order valence-corrected chi connectivity index (χ3v) is 8.56. The highest BCUT2D eigenvalue weighted by Crippen LogP contribution is 2.28. The number of hydrogen-bond donors (Lipinski definition) is 1. The third kappa shape index (κ3) is 5.32. The summed E-state index contributed by atoms with van der Waals surface area (Å²) in [5, 5.41) is 11.7. The smallest absolute Gasteiger partial charge is 0.256 e. The molecule has 0 aliphatic carbocycles. The van der Waals surface area contributed by atoms with Crippen molar-refractivity contribution in [1.82, 2.24) is 23.9 Å². The largest absolute Gasteiger partial charge is 0.324 e. The van der Waals surface area contributed by atoms with Crippen molar-refractivity contribution in [2.24, 2.45) is 0 Å². The van der Waals surface area contributed by atoms with Crippen molar-refractivity contribution in [3.63, 3.8) is 0 Å². The van der Waals surface area contributed by atoms with Gasteiger partial charge in [-0.15, -0.1) is 10.2 Å². The van der Waals surface area contributed by atoms with E-state index in [9.17, 15) is 13.2 Å². The lowest BCUT2D eigenvalue weighted by molar-refractivity contribution is -0.113. The number of rotatable bonds is 6. The van der Waals surface area contributed by atoms with Crippen molar-refractivity contribution in [2.45, 2.75) is 49.6 Å². The average Bonchev–Trinajstić information content (AvgIpc) is 2.97. The van der Waals surface area contributed by atoms with E-state index >= 15 is 0 Å². The van der Waals surface area contributed by atoms with E-state index in [4.69, 9.17) is 11.6 Å². The Hall–Kier alpha value is -2.21. The van der Waals surface area contributed by atoms with Gasteiger partial charge >= 0.3 is 0 Å². The van der Waals surface area contributed by atoms with Crippen LogP contribution < -0.4 is 5.32 Å². The Labute approximate surface area is 202 Å². The van der Waals surface area contributed by atoms with Crippen LogP contribution in [-0.4, -0.2) is 57.1 Å². The molecule has 4 rings (SSSR count). The number of nitrogens with zero attached hydrogens (tertiary/aromatic N) is 5. The summed E-state index contributed by atoms with van der Waals surface area (Å²) in [5.74, 6) is 0.193. The van der Waals surface area contributed by atoms with E-state index in [0.29, 0.717) is 24.0 Å². The van der Waals surface area contributed by atoms with E-state index in [1.807, 2.05) is 19.9 Å². The van der Waals surface area contributed by atoms with Crippen molar-refractivity contribution < 1.29 is 13.2 Å². The summed E-state index contributed by atoms with van der Waals surface area (Å²) in [6.45, 7) is 4.81. The molecule has 0 saturated carbocycles. The molecule has 0 spiro atoms. The van der Waals surface area contributed by atoms with Crippen LogP contribution >= 0.6 is 23.4 Å². The summed E-state index contributed by atoms with van der Waals surface area (Å²) >= 11 is 7.46. The maximum absolute atomic E-state index is 13.1. The lowest BCUT2D eigenvalue weighted by atomic mass is 10.2. The second-order valence-electron chi connectivity index (χ2n) is 7.95. The lowest BCUT2D eigenvalue weighted by Crippen LogP contribution is -2.32. The molecule has 33 heavy (non-hydrogen) atoms. The molecule has 1 N–H and O–H groups in total. The van der Waals surface area contributed by atoms with Crippen LogP contribution in [0.2, 0.25) is 5.02 Å². The fourth-order valence-electron chi connectivity index (χ4n) is 3.80. The number of halogens is 1. The number of aryl methyl sites for hydroxylation is 2. The molecule has 1 saturated heterocycles. The number of benzene rings is 1. The summed E-state index contributed by atoms with van der Waals surface area (Å²) in [4.78, 5) is 17.1. The van der Waals surface area contributed by atoms with Crippen LogP contribution in [0.1, 0.15) is 37.1 Å². The number of carbonyl (C=O) groups excluding carboxylic acids is 1. The van der Waals surface area contributed by atoms with E-state index in [-0.39, 0.29) is 27.3 Å². The highest BCUT2D eigenvalue weighted by atomic mass is 35.5. The van der Waals surface area contributed by atoms with Crippen molar-refractivity contribution in [3.05, 3.63) is 40.7 Å². The van der Waals surface area contributed by atoms with Crippen LogP contribution in [0, 0.1) is 13.8 Å². The summed E-state index contributed by atoms with van der Waals surface area (Å²) in [6.07, 6.45) is 3.75. The van der Waals surface area contributed by atoms with Gasteiger partial charge in [-0.3, -0.25) is 9.20 Å². The molecule has 3 aromatic rings. The number of carbonyl (C=O) groups is 1.